The molecule has 0 saturated carbocycles. The standard InChI is InChI=1S/C15H13BrCl2N2O/c1-9-2-3-10(17)6-13(9)20-15(21)8-19-14-7-11(18)4-5-12(14)16/h2-7,19H,8H2,1H3,(H,20,21). The Bertz CT molecular complexity index is 677. The van der Waals surface area contributed by atoms with Gasteiger partial charge >= 0.3 is 0 Å². The van der Waals surface area contributed by atoms with E-state index >= 15 is 0 Å². The Labute approximate surface area is 141 Å². The lowest BCUT2D eigenvalue weighted by molar-refractivity contribution is -0.114. The van der Waals surface area contributed by atoms with Gasteiger partial charge in [-0.25, -0.2) is 0 Å². The largest absolute Gasteiger partial charge is 0.375 e. The van der Waals surface area contributed by atoms with Crippen molar-refractivity contribution in [3.05, 3.63) is 56.5 Å². The second kappa shape index (κ2) is 7.16. The number of carbonyl (C=O) groups excluding carboxylic acids is 1. The second-order valence-electron chi connectivity index (χ2n) is 4.49. The molecule has 0 bridgehead atoms. The van der Waals surface area contributed by atoms with Crippen LogP contribution in [-0.4, -0.2) is 12.5 Å². The van der Waals surface area contributed by atoms with Gasteiger partial charge in [-0.15, -0.1) is 0 Å². The fraction of sp³-hybridized carbons (Fsp3) is 0.133. The van der Waals surface area contributed by atoms with E-state index in [4.69, 9.17) is 23.2 Å². The fourth-order valence-corrected chi connectivity index (χ4v) is 2.46. The third-order valence-corrected chi connectivity index (χ3v) is 4.00. The van der Waals surface area contributed by atoms with Crippen LogP contribution in [0.2, 0.25) is 10.0 Å². The molecule has 21 heavy (non-hydrogen) atoms. The molecule has 0 radical (unpaired) electrons. The zero-order chi connectivity index (χ0) is 15.4. The van der Waals surface area contributed by atoms with Gasteiger partial charge < -0.3 is 10.6 Å². The van der Waals surface area contributed by atoms with Crippen LogP contribution in [0.15, 0.2) is 40.9 Å². The first-order valence-electron chi connectivity index (χ1n) is 6.20. The monoisotopic (exact) mass is 386 g/mol. The van der Waals surface area contributed by atoms with Crippen molar-refractivity contribution >= 4 is 56.4 Å². The number of anilines is 2. The summed E-state index contributed by atoms with van der Waals surface area (Å²) >= 11 is 15.2. The molecule has 0 aromatic heterocycles. The highest BCUT2D eigenvalue weighted by atomic mass is 79.9. The summed E-state index contributed by atoms with van der Waals surface area (Å²) < 4.78 is 0.846. The number of halogens is 3. The predicted octanol–water partition coefficient (Wildman–Crippen LogP) is 5.11. The van der Waals surface area contributed by atoms with Crippen LogP contribution in [-0.2, 0) is 4.79 Å². The maximum Gasteiger partial charge on any atom is 0.243 e. The van der Waals surface area contributed by atoms with Gasteiger partial charge in [0.1, 0.15) is 0 Å². The van der Waals surface area contributed by atoms with Crippen LogP contribution in [0, 0.1) is 6.92 Å². The molecule has 6 heteroatoms. The Balaban J connectivity index is 1.99. The zero-order valence-corrected chi connectivity index (χ0v) is 14.3. The minimum absolute atomic E-state index is 0.130. The first-order chi connectivity index (χ1) is 9.95. The van der Waals surface area contributed by atoms with Crippen LogP contribution < -0.4 is 10.6 Å². The SMILES string of the molecule is Cc1ccc(Cl)cc1NC(=O)CNc1cc(Cl)ccc1Br. The van der Waals surface area contributed by atoms with Crippen LogP contribution >= 0.6 is 39.1 Å². The van der Waals surface area contributed by atoms with Crippen LogP contribution in [0.25, 0.3) is 0 Å². The van der Waals surface area contributed by atoms with Crippen molar-refractivity contribution in [2.75, 3.05) is 17.2 Å². The highest BCUT2D eigenvalue weighted by Crippen LogP contribution is 2.25. The Hall–Kier alpha value is -1.23. The van der Waals surface area contributed by atoms with E-state index in [0.29, 0.717) is 15.7 Å². The molecule has 110 valence electrons. The number of amides is 1. The maximum absolute atomic E-state index is 12.0. The van der Waals surface area contributed by atoms with Crippen LogP contribution in [0.4, 0.5) is 11.4 Å². The molecule has 0 heterocycles. The van der Waals surface area contributed by atoms with Crippen LogP contribution in [0.3, 0.4) is 0 Å². The quantitative estimate of drug-likeness (QED) is 0.764. The number of hydrogen-bond donors (Lipinski definition) is 2. The summed E-state index contributed by atoms with van der Waals surface area (Å²) in [6.07, 6.45) is 0. The highest BCUT2D eigenvalue weighted by Gasteiger charge is 2.07. The van der Waals surface area contributed by atoms with Crippen molar-refractivity contribution in [2.24, 2.45) is 0 Å². The molecule has 0 atom stereocenters. The van der Waals surface area contributed by atoms with E-state index in [1.165, 1.54) is 0 Å². The lowest BCUT2D eigenvalue weighted by atomic mass is 10.2. The summed E-state index contributed by atoms with van der Waals surface area (Å²) in [4.78, 5) is 12.0. The number of rotatable bonds is 4. The van der Waals surface area contributed by atoms with Gasteiger partial charge in [-0.05, 0) is 58.7 Å². The van der Waals surface area contributed by atoms with E-state index in [1.807, 2.05) is 19.1 Å². The van der Waals surface area contributed by atoms with Gasteiger partial charge in [0, 0.05) is 20.2 Å². The first-order valence-corrected chi connectivity index (χ1v) is 7.75. The van der Waals surface area contributed by atoms with Gasteiger partial charge in [-0.2, -0.15) is 0 Å². The van der Waals surface area contributed by atoms with Gasteiger partial charge in [0.15, 0.2) is 0 Å². The molecular formula is C15H13BrCl2N2O. The number of nitrogens with one attached hydrogen (secondary N) is 2. The fourth-order valence-electron chi connectivity index (χ4n) is 1.73. The number of carbonyl (C=O) groups is 1. The van der Waals surface area contributed by atoms with Crippen molar-refractivity contribution in [1.29, 1.82) is 0 Å². The molecule has 0 spiro atoms. The van der Waals surface area contributed by atoms with Crippen molar-refractivity contribution in [3.8, 4) is 0 Å². The van der Waals surface area contributed by atoms with Gasteiger partial charge in [-0.1, -0.05) is 29.3 Å². The number of aryl methyl sites for hydroxylation is 1. The highest BCUT2D eigenvalue weighted by molar-refractivity contribution is 9.10. The van der Waals surface area contributed by atoms with Gasteiger partial charge in [0.05, 0.1) is 12.2 Å². The van der Waals surface area contributed by atoms with E-state index in [1.54, 1.807) is 24.3 Å². The molecule has 0 unspecified atom stereocenters. The molecule has 0 aliphatic heterocycles. The topological polar surface area (TPSA) is 41.1 Å². The van der Waals surface area contributed by atoms with E-state index in [9.17, 15) is 4.79 Å². The van der Waals surface area contributed by atoms with Crippen molar-refractivity contribution in [2.45, 2.75) is 6.92 Å². The lowest BCUT2D eigenvalue weighted by Gasteiger charge is -2.11. The number of hydrogen-bond acceptors (Lipinski definition) is 2. The normalized spacial score (nSPS) is 10.3. The molecule has 3 nitrogen and oxygen atoms in total. The molecule has 0 aliphatic carbocycles. The van der Waals surface area contributed by atoms with Gasteiger partial charge in [0.25, 0.3) is 0 Å². The first kappa shape index (κ1) is 16.1. The summed E-state index contributed by atoms with van der Waals surface area (Å²) in [5.74, 6) is -0.160. The molecule has 0 fully saturated rings. The molecule has 0 aliphatic rings. The van der Waals surface area contributed by atoms with Gasteiger partial charge in [0.2, 0.25) is 5.91 Å². The molecule has 2 rings (SSSR count). The second-order valence-corrected chi connectivity index (χ2v) is 6.21. The summed E-state index contributed by atoms with van der Waals surface area (Å²) in [7, 11) is 0. The zero-order valence-electron chi connectivity index (χ0n) is 11.2. The summed E-state index contributed by atoms with van der Waals surface area (Å²) in [5, 5.41) is 7.04. The third-order valence-electron chi connectivity index (χ3n) is 2.84. The summed E-state index contributed by atoms with van der Waals surface area (Å²) in [6.45, 7) is 2.04. The summed E-state index contributed by atoms with van der Waals surface area (Å²) in [5.41, 5.74) is 2.43. The van der Waals surface area contributed by atoms with Crippen molar-refractivity contribution in [3.63, 3.8) is 0 Å². The average molecular weight is 388 g/mol. The number of benzene rings is 2. The summed E-state index contributed by atoms with van der Waals surface area (Å²) in [6, 6.07) is 10.7. The molecule has 2 aromatic rings. The molecule has 1 amide bonds. The van der Waals surface area contributed by atoms with Gasteiger partial charge in [-0.3, -0.25) is 4.79 Å². The Morgan fingerprint density at radius 3 is 2.43 bits per heavy atom. The van der Waals surface area contributed by atoms with E-state index < -0.39 is 0 Å². The Morgan fingerprint density at radius 1 is 1.10 bits per heavy atom. The average Bonchev–Trinajstić information content (AvgIpc) is 2.44. The molecular weight excluding hydrogens is 375 g/mol. The molecule has 2 N–H and O–H groups in total. The maximum atomic E-state index is 12.0. The minimum Gasteiger partial charge on any atom is -0.375 e. The van der Waals surface area contributed by atoms with Crippen molar-refractivity contribution in [1.82, 2.24) is 0 Å². The predicted molar refractivity (Wildman–Crippen MR) is 92.5 cm³/mol. The Kier molecular flexibility index (Phi) is 5.51. The van der Waals surface area contributed by atoms with Crippen LogP contribution in [0.1, 0.15) is 5.56 Å². The smallest absolute Gasteiger partial charge is 0.243 e. The Morgan fingerprint density at radius 2 is 1.71 bits per heavy atom. The van der Waals surface area contributed by atoms with Crippen LogP contribution in [0.5, 0.6) is 0 Å². The lowest BCUT2D eigenvalue weighted by Crippen LogP contribution is -2.22. The third kappa shape index (κ3) is 4.63. The molecule has 2 aromatic carbocycles. The van der Waals surface area contributed by atoms with E-state index in [0.717, 1.165) is 15.7 Å². The van der Waals surface area contributed by atoms with E-state index in [-0.39, 0.29) is 12.5 Å². The van der Waals surface area contributed by atoms with Crippen molar-refractivity contribution < 1.29 is 4.79 Å². The minimum atomic E-state index is -0.160. The van der Waals surface area contributed by atoms with E-state index in [2.05, 4.69) is 26.6 Å². The molecule has 0 saturated heterocycles.